The Morgan fingerprint density at radius 3 is 1.88 bits per heavy atom. The van der Waals surface area contributed by atoms with E-state index in [1.165, 1.54) is 0 Å². The standard InChI is InChI=1S/C8H18N2O4S.Rb/c11-7-5-9-1-3-10(4-2-9)6-8-15(12,13)14;/h11H,1-8H2,(H,12,13,14);/q;+1/p-1. The minimum absolute atomic E-state index is 0. The Morgan fingerprint density at radius 2 is 1.50 bits per heavy atom. The molecule has 6 nitrogen and oxygen atoms in total. The fraction of sp³-hybridized carbons (Fsp3) is 1.00. The van der Waals surface area contributed by atoms with Crippen LogP contribution in [-0.4, -0.2) is 79.5 Å². The van der Waals surface area contributed by atoms with Gasteiger partial charge in [-0.2, -0.15) is 0 Å². The summed E-state index contributed by atoms with van der Waals surface area (Å²) in [6.07, 6.45) is 0. The molecule has 0 saturated carbocycles. The van der Waals surface area contributed by atoms with E-state index in [1.54, 1.807) is 0 Å². The maximum Gasteiger partial charge on any atom is 1.00 e. The van der Waals surface area contributed by atoms with Gasteiger partial charge in [0.2, 0.25) is 0 Å². The Morgan fingerprint density at radius 1 is 1.06 bits per heavy atom. The molecular formula is C8H17N2O4RbS. The normalized spacial score (nSPS) is 19.4. The Balaban J connectivity index is 0.00000225. The summed E-state index contributed by atoms with van der Waals surface area (Å²) < 4.78 is 31.2. The second-order valence-electron chi connectivity index (χ2n) is 3.67. The molecule has 1 rings (SSSR count). The van der Waals surface area contributed by atoms with Gasteiger partial charge in [0.15, 0.2) is 0 Å². The van der Waals surface area contributed by atoms with Crippen LogP contribution in [-0.2, 0) is 10.1 Å². The molecule has 1 aliphatic heterocycles. The van der Waals surface area contributed by atoms with Gasteiger partial charge in [0.05, 0.1) is 22.5 Å². The monoisotopic (exact) mass is 322 g/mol. The third kappa shape index (κ3) is 7.83. The summed E-state index contributed by atoms with van der Waals surface area (Å²) in [7, 11) is -4.09. The van der Waals surface area contributed by atoms with Crippen molar-refractivity contribution in [3.63, 3.8) is 0 Å². The average molecular weight is 323 g/mol. The molecule has 0 aromatic carbocycles. The Labute approximate surface area is 146 Å². The Hall–Kier alpha value is 1.60. The van der Waals surface area contributed by atoms with Gasteiger partial charge in [0.1, 0.15) is 0 Å². The van der Waals surface area contributed by atoms with Crippen molar-refractivity contribution >= 4 is 10.1 Å². The van der Waals surface area contributed by atoms with Crippen LogP contribution in [0.2, 0.25) is 0 Å². The van der Waals surface area contributed by atoms with E-state index in [4.69, 9.17) is 5.11 Å². The van der Waals surface area contributed by atoms with E-state index in [2.05, 4.69) is 4.90 Å². The zero-order valence-corrected chi connectivity index (χ0v) is 15.4. The van der Waals surface area contributed by atoms with Crippen LogP contribution < -0.4 is 58.2 Å². The molecule has 0 bridgehead atoms. The smallest absolute Gasteiger partial charge is 0.748 e. The minimum Gasteiger partial charge on any atom is -0.748 e. The molecule has 90 valence electrons. The van der Waals surface area contributed by atoms with E-state index in [0.717, 1.165) is 26.2 Å². The van der Waals surface area contributed by atoms with Gasteiger partial charge >= 0.3 is 58.2 Å². The van der Waals surface area contributed by atoms with Gasteiger partial charge in [-0.1, -0.05) is 0 Å². The summed E-state index contributed by atoms with van der Waals surface area (Å²) in [5.74, 6) is -0.312. The molecule has 0 unspecified atom stereocenters. The van der Waals surface area contributed by atoms with Crippen molar-refractivity contribution in [1.29, 1.82) is 0 Å². The first-order chi connectivity index (χ1) is 7.01. The first kappa shape index (κ1) is 17.6. The summed E-state index contributed by atoms with van der Waals surface area (Å²) in [5, 5.41) is 8.72. The van der Waals surface area contributed by atoms with Crippen molar-refractivity contribution in [3.05, 3.63) is 0 Å². The predicted molar refractivity (Wildman–Crippen MR) is 54.5 cm³/mol. The van der Waals surface area contributed by atoms with Gasteiger partial charge in [0, 0.05) is 39.3 Å². The molecule has 0 radical (unpaired) electrons. The van der Waals surface area contributed by atoms with Gasteiger partial charge < -0.3 is 9.66 Å². The van der Waals surface area contributed by atoms with Crippen LogP contribution >= 0.6 is 0 Å². The summed E-state index contributed by atoms with van der Waals surface area (Å²) in [4.78, 5) is 4.07. The molecule has 0 amide bonds. The van der Waals surface area contributed by atoms with E-state index in [9.17, 15) is 13.0 Å². The van der Waals surface area contributed by atoms with Crippen LogP contribution in [0.25, 0.3) is 0 Å². The molecule has 0 atom stereocenters. The topological polar surface area (TPSA) is 83.9 Å². The SMILES string of the molecule is O=S(=O)([O-])CCN1CCN(CCO)CC1.[Rb+]. The maximum atomic E-state index is 10.4. The fourth-order valence-electron chi connectivity index (χ4n) is 1.62. The summed E-state index contributed by atoms with van der Waals surface area (Å²) in [5.41, 5.74) is 0. The molecule has 1 N–H and O–H groups in total. The number of rotatable bonds is 5. The third-order valence-corrected chi connectivity index (χ3v) is 3.22. The van der Waals surface area contributed by atoms with E-state index < -0.39 is 10.1 Å². The van der Waals surface area contributed by atoms with Gasteiger partial charge in [-0.15, -0.1) is 0 Å². The number of β-amino-alcohol motifs (C(OH)–C–C–N with tert-alkyl or cyclic N) is 1. The summed E-state index contributed by atoms with van der Waals surface area (Å²) in [6, 6.07) is 0. The number of aliphatic hydroxyl groups excluding tert-OH is 1. The number of aliphatic hydroxyl groups is 1. The molecule has 0 spiro atoms. The van der Waals surface area contributed by atoms with Gasteiger partial charge in [-0.3, -0.25) is 9.80 Å². The van der Waals surface area contributed by atoms with Crippen molar-refractivity contribution in [2.24, 2.45) is 0 Å². The minimum atomic E-state index is -4.09. The number of hydrogen-bond acceptors (Lipinski definition) is 6. The third-order valence-electron chi connectivity index (χ3n) is 2.54. The maximum absolute atomic E-state index is 10.4. The van der Waals surface area contributed by atoms with Gasteiger partial charge in [-0.05, 0) is 0 Å². The molecular weight excluding hydrogens is 306 g/mol. The van der Waals surface area contributed by atoms with E-state index in [0.29, 0.717) is 13.1 Å². The molecule has 8 heteroatoms. The molecule has 1 saturated heterocycles. The van der Waals surface area contributed by atoms with Crippen LogP contribution in [0, 0.1) is 0 Å². The Kier molecular flexibility index (Phi) is 9.52. The second-order valence-corrected chi connectivity index (χ2v) is 5.19. The molecule has 1 fully saturated rings. The van der Waals surface area contributed by atoms with Crippen LogP contribution in [0.4, 0.5) is 0 Å². The van der Waals surface area contributed by atoms with Gasteiger partial charge in [0.25, 0.3) is 0 Å². The van der Waals surface area contributed by atoms with E-state index >= 15 is 0 Å². The van der Waals surface area contributed by atoms with E-state index in [1.807, 2.05) is 4.90 Å². The summed E-state index contributed by atoms with van der Waals surface area (Å²) >= 11 is 0. The number of piperazine rings is 1. The van der Waals surface area contributed by atoms with Crippen LogP contribution in [0.3, 0.4) is 0 Å². The molecule has 0 aromatic rings. The van der Waals surface area contributed by atoms with Crippen LogP contribution in [0.15, 0.2) is 0 Å². The van der Waals surface area contributed by atoms with Gasteiger partial charge in [-0.25, -0.2) is 8.42 Å². The zero-order valence-electron chi connectivity index (χ0n) is 9.63. The number of hydrogen-bond donors (Lipinski definition) is 1. The van der Waals surface area contributed by atoms with Crippen molar-refractivity contribution in [3.8, 4) is 0 Å². The number of nitrogens with zero attached hydrogens (tertiary/aromatic N) is 2. The first-order valence-electron chi connectivity index (χ1n) is 5.00. The molecule has 1 heterocycles. The van der Waals surface area contributed by atoms with Crippen molar-refractivity contribution in [1.82, 2.24) is 9.80 Å². The Bertz CT molecular complexity index is 278. The fourth-order valence-corrected chi connectivity index (χ4v) is 2.10. The zero-order chi connectivity index (χ0) is 11.3. The molecule has 0 aromatic heterocycles. The quantitative estimate of drug-likeness (QED) is 0.511. The van der Waals surface area contributed by atoms with Crippen molar-refractivity contribution in [2.45, 2.75) is 0 Å². The average Bonchev–Trinajstić information content (AvgIpc) is 2.16. The second kappa shape index (κ2) is 8.65. The van der Waals surface area contributed by atoms with Crippen molar-refractivity contribution in [2.75, 3.05) is 51.6 Å². The van der Waals surface area contributed by atoms with E-state index in [-0.39, 0.29) is 70.5 Å². The molecule has 1 aliphatic rings. The van der Waals surface area contributed by atoms with Crippen molar-refractivity contribution < 1.29 is 76.3 Å². The first-order valence-corrected chi connectivity index (χ1v) is 6.58. The summed E-state index contributed by atoms with van der Waals surface area (Å²) in [6.45, 7) is 4.28. The van der Waals surface area contributed by atoms with Crippen LogP contribution in [0.5, 0.6) is 0 Å². The predicted octanol–water partition coefficient (Wildman–Crippen LogP) is -4.85. The van der Waals surface area contributed by atoms with Crippen LogP contribution in [0.1, 0.15) is 0 Å². The molecule has 0 aliphatic carbocycles. The largest absolute Gasteiger partial charge is 1.00 e. The molecule has 16 heavy (non-hydrogen) atoms.